The highest BCUT2D eigenvalue weighted by atomic mass is 79.9. The van der Waals surface area contributed by atoms with Gasteiger partial charge in [-0.1, -0.05) is 20.8 Å². The highest BCUT2D eigenvalue weighted by Gasteiger charge is 2.22. The predicted molar refractivity (Wildman–Crippen MR) is 76.0 cm³/mol. The number of nitrogens with zero attached hydrogens (tertiary/aromatic N) is 1. The van der Waals surface area contributed by atoms with Crippen molar-refractivity contribution in [1.82, 2.24) is 4.98 Å². The minimum absolute atomic E-state index is 0.00479. The SMILES string of the molecule is CC(C)(C)C[C@H](COc1ncccc1Br)OC(N)=O. The van der Waals surface area contributed by atoms with Gasteiger partial charge in [-0.3, -0.25) is 0 Å². The van der Waals surface area contributed by atoms with Gasteiger partial charge in [-0.15, -0.1) is 0 Å². The maximum atomic E-state index is 10.9. The Morgan fingerprint density at radius 2 is 2.21 bits per heavy atom. The molecular weight excluding hydrogens is 312 g/mol. The highest BCUT2D eigenvalue weighted by Crippen LogP contribution is 2.25. The van der Waals surface area contributed by atoms with Gasteiger partial charge in [0.25, 0.3) is 0 Å². The van der Waals surface area contributed by atoms with Gasteiger partial charge >= 0.3 is 6.09 Å². The van der Waals surface area contributed by atoms with Crippen molar-refractivity contribution in [3.63, 3.8) is 0 Å². The molecule has 1 aromatic heterocycles. The summed E-state index contributed by atoms with van der Waals surface area (Å²) in [6.45, 7) is 6.39. The van der Waals surface area contributed by atoms with Gasteiger partial charge in [0, 0.05) is 6.20 Å². The molecule has 2 N–H and O–H groups in total. The molecule has 0 bridgehead atoms. The standard InChI is InChI=1S/C13H19BrN2O3/c1-13(2,3)7-9(19-12(15)17)8-18-11-10(14)5-4-6-16-11/h4-6,9H,7-8H2,1-3H3,(H2,15,17)/t9-/m1/s1. The van der Waals surface area contributed by atoms with Gasteiger partial charge < -0.3 is 15.2 Å². The molecule has 0 aliphatic heterocycles. The van der Waals surface area contributed by atoms with Crippen LogP contribution in [0.4, 0.5) is 4.79 Å². The predicted octanol–water partition coefficient (Wildman–Crippen LogP) is 3.12. The summed E-state index contributed by atoms with van der Waals surface area (Å²) in [5.74, 6) is 0.467. The summed E-state index contributed by atoms with van der Waals surface area (Å²) in [4.78, 5) is 15.0. The average Bonchev–Trinajstić information content (AvgIpc) is 2.24. The van der Waals surface area contributed by atoms with Crippen LogP contribution in [0, 0.1) is 5.41 Å². The van der Waals surface area contributed by atoms with Crippen molar-refractivity contribution in [3.8, 4) is 5.88 Å². The molecule has 1 atom stereocenters. The van der Waals surface area contributed by atoms with Crippen LogP contribution < -0.4 is 10.5 Å². The fourth-order valence-electron chi connectivity index (χ4n) is 1.63. The van der Waals surface area contributed by atoms with Gasteiger partial charge in [-0.05, 0) is 39.9 Å². The first-order chi connectivity index (χ1) is 8.78. The van der Waals surface area contributed by atoms with Crippen LogP contribution in [0.25, 0.3) is 0 Å². The van der Waals surface area contributed by atoms with Crippen LogP contribution in [0.1, 0.15) is 27.2 Å². The lowest BCUT2D eigenvalue weighted by Crippen LogP contribution is -2.31. The topological polar surface area (TPSA) is 74.4 Å². The van der Waals surface area contributed by atoms with Gasteiger partial charge in [0.15, 0.2) is 0 Å². The number of halogens is 1. The molecule has 1 amide bonds. The molecule has 0 spiro atoms. The van der Waals surface area contributed by atoms with Crippen molar-refractivity contribution in [1.29, 1.82) is 0 Å². The molecule has 1 aromatic rings. The van der Waals surface area contributed by atoms with E-state index < -0.39 is 12.2 Å². The Labute approximate surface area is 121 Å². The molecule has 0 fully saturated rings. The van der Waals surface area contributed by atoms with Crippen molar-refractivity contribution in [2.75, 3.05) is 6.61 Å². The Bertz CT molecular complexity index is 432. The summed E-state index contributed by atoms with van der Waals surface area (Å²) in [6, 6.07) is 3.62. The van der Waals surface area contributed by atoms with Crippen molar-refractivity contribution in [2.24, 2.45) is 11.1 Å². The van der Waals surface area contributed by atoms with E-state index in [1.54, 1.807) is 12.3 Å². The molecule has 0 aromatic carbocycles. The number of hydrogen-bond donors (Lipinski definition) is 1. The molecule has 106 valence electrons. The van der Waals surface area contributed by atoms with Gasteiger partial charge in [-0.25, -0.2) is 9.78 Å². The zero-order valence-electron chi connectivity index (χ0n) is 11.4. The van der Waals surface area contributed by atoms with E-state index in [2.05, 4.69) is 41.7 Å². The third kappa shape index (κ3) is 6.42. The minimum atomic E-state index is -0.794. The van der Waals surface area contributed by atoms with Gasteiger partial charge in [-0.2, -0.15) is 0 Å². The van der Waals surface area contributed by atoms with Crippen LogP contribution >= 0.6 is 15.9 Å². The van der Waals surface area contributed by atoms with E-state index >= 15 is 0 Å². The number of primary amides is 1. The second-order valence-electron chi connectivity index (χ2n) is 5.43. The molecule has 0 saturated carbocycles. The number of hydrogen-bond acceptors (Lipinski definition) is 4. The van der Waals surface area contributed by atoms with E-state index in [1.165, 1.54) is 0 Å². The highest BCUT2D eigenvalue weighted by molar-refractivity contribution is 9.10. The summed E-state index contributed by atoms with van der Waals surface area (Å²) < 4.78 is 11.4. The molecule has 6 heteroatoms. The summed E-state index contributed by atoms with van der Waals surface area (Å²) in [7, 11) is 0. The maximum Gasteiger partial charge on any atom is 0.404 e. The summed E-state index contributed by atoms with van der Waals surface area (Å²) in [5, 5.41) is 0. The second kappa shape index (κ2) is 6.75. The normalized spacial score (nSPS) is 12.8. The van der Waals surface area contributed by atoms with Crippen LogP contribution in [-0.2, 0) is 4.74 Å². The van der Waals surface area contributed by atoms with Crippen LogP contribution in [0.2, 0.25) is 0 Å². The Kier molecular flexibility index (Phi) is 5.60. The number of aromatic nitrogens is 1. The van der Waals surface area contributed by atoms with Crippen molar-refractivity contribution >= 4 is 22.0 Å². The lowest BCUT2D eigenvalue weighted by molar-refractivity contribution is 0.0449. The number of carbonyl (C=O) groups is 1. The number of nitrogens with two attached hydrogens (primary N) is 1. The lowest BCUT2D eigenvalue weighted by Gasteiger charge is -2.25. The third-order valence-electron chi connectivity index (χ3n) is 2.25. The zero-order valence-corrected chi connectivity index (χ0v) is 12.9. The van der Waals surface area contributed by atoms with Crippen molar-refractivity contribution in [3.05, 3.63) is 22.8 Å². The third-order valence-corrected chi connectivity index (χ3v) is 2.86. The molecule has 0 saturated heterocycles. The van der Waals surface area contributed by atoms with Crippen molar-refractivity contribution < 1.29 is 14.3 Å². The Morgan fingerprint density at radius 3 is 2.74 bits per heavy atom. The van der Waals surface area contributed by atoms with E-state index in [0.717, 1.165) is 4.47 Å². The number of pyridine rings is 1. The van der Waals surface area contributed by atoms with Crippen LogP contribution in [0.3, 0.4) is 0 Å². The van der Waals surface area contributed by atoms with Crippen molar-refractivity contribution in [2.45, 2.75) is 33.3 Å². The summed E-state index contributed by atoms with van der Waals surface area (Å²) in [6.07, 6.45) is 1.10. The molecule has 1 rings (SSSR count). The second-order valence-corrected chi connectivity index (χ2v) is 6.28. The monoisotopic (exact) mass is 330 g/mol. The Morgan fingerprint density at radius 1 is 1.53 bits per heavy atom. The molecule has 0 aliphatic carbocycles. The summed E-state index contributed by atoms with van der Waals surface area (Å²) in [5.41, 5.74) is 5.07. The fourth-order valence-corrected chi connectivity index (χ4v) is 2.00. The molecule has 19 heavy (non-hydrogen) atoms. The quantitative estimate of drug-likeness (QED) is 0.899. The van der Waals surface area contributed by atoms with Crippen LogP contribution in [0.5, 0.6) is 5.88 Å². The molecule has 0 unspecified atom stereocenters. The Balaban J connectivity index is 2.62. The van der Waals surface area contributed by atoms with Gasteiger partial charge in [0.2, 0.25) is 5.88 Å². The van der Waals surface area contributed by atoms with Crippen LogP contribution in [0.15, 0.2) is 22.8 Å². The van der Waals surface area contributed by atoms with Gasteiger partial charge in [0.1, 0.15) is 12.7 Å². The number of amides is 1. The first-order valence-electron chi connectivity index (χ1n) is 5.97. The minimum Gasteiger partial charge on any atom is -0.473 e. The van der Waals surface area contributed by atoms with E-state index in [0.29, 0.717) is 12.3 Å². The molecule has 0 radical (unpaired) electrons. The first-order valence-corrected chi connectivity index (χ1v) is 6.76. The molecule has 1 heterocycles. The van der Waals surface area contributed by atoms with Gasteiger partial charge in [0.05, 0.1) is 4.47 Å². The van der Waals surface area contributed by atoms with E-state index in [9.17, 15) is 4.79 Å². The van der Waals surface area contributed by atoms with E-state index in [4.69, 9.17) is 15.2 Å². The maximum absolute atomic E-state index is 10.9. The average molecular weight is 331 g/mol. The van der Waals surface area contributed by atoms with E-state index in [1.807, 2.05) is 6.07 Å². The molecular formula is C13H19BrN2O3. The number of rotatable bonds is 5. The number of carbonyl (C=O) groups excluding carboxylic acids is 1. The smallest absolute Gasteiger partial charge is 0.404 e. The summed E-state index contributed by atoms with van der Waals surface area (Å²) >= 11 is 3.34. The Hall–Kier alpha value is -1.30. The molecule has 0 aliphatic rings. The number of ether oxygens (including phenoxy) is 2. The zero-order chi connectivity index (χ0) is 14.5. The first kappa shape index (κ1) is 15.8. The van der Waals surface area contributed by atoms with E-state index in [-0.39, 0.29) is 12.0 Å². The molecule has 5 nitrogen and oxygen atoms in total. The fraction of sp³-hybridized carbons (Fsp3) is 0.538. The van der Waals surface area contributed by atoms with Crippen LogP contribution in [-0.4, -0.2) is 23.8 Å². The largest absolute Gasteiger partial charge is 0.473 e. The lowest BCUT2D eigenvalue weighted by atomic mass is 9.89.